The maximum absolute atomic E-state index is 13.3. The van der Waals surface area contributed by atoms with Crippen molar-refractivity contribution in [3.63, 3.8) is 0 Å². The van der Waals surface area contributed by atoms with E-state index < -0.39 is 0 Å². The number of hydrogen-bond donors (Lipinski definition) is 1. The fraction of sp³-hybridized carbons (Fsp3) is 0.227. The van der Waals surface area contributed by atoms with Crippen molar-refractivity contribution in [1.29, 1.82) is 0 Å². The van der Waals surface area contributed by atoms with Gasteiger partial charge in [0.05, 0.1) is 29.6 Å². The van der Waals surface area contributed by atoms with E-state index >= 15 is 0 Å². The van der Waals surface area contributed by atoms with Crippen molar-refractivity contribution in [3.8, 4) is 0 Å². The third-order valence-electron chi connectivity index (χ3n) is 4.88. The summed E-state index contributed by atoms with van der Waals surface area (Å²) in [5.74, 6) is 0.606. The summed E-state index contributed by atoms with van der Waals surface area (Å²) in [6.07, 6.45) is 1.58. The van der Waals surface area contributed by atoms with E-state index in [4.69, 9.17) is 9.40 Å². The highest BCUT2D eigenvalue weighted by Crippen LogP contribution is 2.29. The molecule has 0 bridgehead atoms. The number of aromatic nitrogens is 2. The average molecular weight is 518 g/mol. The molecule has 160 valence electrons. The highest BCUT2D eigenvalue weighted by molar-refractivity contribution is 9.10. The first-order valence-corrected chi connectivity index (χ1v) is 12.1. The van der Waals surface area contributed by atoms with E-state index in [1.54, 1.807) is 16.9 Å². The maximum atomic E-state index is 13.3. The zero-order valence-electron chi connectivity index (χ0n) is 17.2. The number of anilines is 1. The van der Waals surface area contributed by atoms with Gasteiger partial charge in [0.15, 0.2) is 5.16 Å². The lowest BCUT2D eigenvalue weighted by molar-refractivity contribution is -0.113. The highest BCUT2D eigenvalue weighted by Gasteiger charge is 2.19. The van der Waals surface area contributed by atoms with Gasteiger partial charge in [0, 0.05) is 9.35 Å². The van der Waals surface area contributed by atoms with E-state index in [0.29, 0.717) is 26.8 Å². The molecule has 0 saturated carbocycles. The Labute approximate surface area is 195 Å². The molecule has 0 atom stereocenters. The lowest BCUT2D eigenvalue weighted by atomic mass is 10.2. The summed E-state index contributed by atoms with van der Waals surface area (Å²) in [6, 6.07) is 9.34. The molecule has 0 saturated heterocycles. The number of benzene rings is 1. The Morgan fingerprint density at radius 2 is 2.10 bits per heavy atom. The molecular formula is C22H20BrN3O3S2. The Morgan fingerprint density at radius 1 is 1.29 bits per heavy atom. The fourth-order valence-corrected chi connectivity index (χ4v) is 5.62. The predicted molar refractivity (Wildman–Crippen MR) is 129 cm³/mol. The van der Waals surface area contributed by atoms with Crippen LogP contribution in [0.25, 0.3) is 10.2 Å². The Kier molecular flexibility index (Phi) is 6.36. The smallest absolute Gasteiger partial charge is 0.263 e. The first-order chi connectivity index (χ1) is 14.8. The van der Waals surface area contributed by atoms with Gasteiger partial charge in [-0.2, -0.15) is 0 Å². The third kappa shape index (κ3) is 4.63. The zero-order valence-corrected chi connectivity index (χ0v) is 20.4. The molecule has 1 N–H and O–H groups in total. The lowest BCUT2D eigenvalue weighted by Gasteiger charge is -2.12. The van der Waals surface area contributed by atoms with Crippen LogP contribution >= 0.6 is 39.0 Å². The SMILES string of the molecule is Cc1ccc(NC(=O)CSc2nc3sc(C)c(C)c3c(=O)n2Cc2ccco2)c(Br)c1. The van der Waals surface area contributed by atoms with Gasteiger partial charge in [0.1, 0.15) is 10.6 Å². The molecule has 4 aromatic rings. The van der Waals surface area contributed by atoms with Crippen LogP contribution in [0.1, 0.15) is 21.8 Å². The summed E-state index contributed by atoms with van der Waals surface area (Å²) < 4.78 is 7.85. The maximum Gasteiger partial charge on any atom is 0.263 e. The molecule has 31 heavy (non-hydrogen) atoms. The summed E-state index contributed by atoms with van der Waals surface area (Å²) in [7, 11) is 0. The van der Waals surface area contributed by atoms with E-state index in [-0.39, 0.29) is 23.8 Å². The van der Waals surface area contributed by atoms with Crippen molar-refractivity contribution >= 4 is 60.8 Å². The number of carbonyl (C=O) groups excluding carboxylic acids is 1. The summed E-state index contributed by atoms with van der Waals surface area (Å²) in [5.41, 5.74) is 2.63. The van der Waals surface area contributed by atoms with Crippen molar-refractivity contribution < 1.29 is 9.21 Å². The normalized spacial score (nSPS) is 11.2. The van der Waals surface area contributed by atoms with E-state index in [1.165, 1.54) is 23.1 Å². The molecule has 9 heteroatoms. The van der Waals surface area contributed by atoms with Crippen LogP contribution in [-0.4, -0.2) is 21.2 Å². The van der Waals surface area contributed by atoms with Gasteiger partial charge in [-0.15, -0.1) is 11.3 Å². The number of nitrogens with zero attached hydrogens (tertiary/aromatic N) is 2. The lowest BCUT2D eigenvalue weighted by Crippen LogP contribution is -2.24. The third-order valence-corrected chi connectivity index (χ3v) is 7.61. The number of thiophene rings is 1. The number of furan rings is 1. The van der Waals surface area contributed by atoms with Gasteiger partial charge in [-0.1, -0.05) is 17.8 Å². The molecule has 0 aliphatic heterocycles. The van der Waals surface area contributed by atoms with Crippen molar-refractivity contribution in [3.05, 3.63) is 73.2 Å². The van der Waals surface area contributed by atoms with Crippen LogP contribution in [0.2, 0.25) is 0 Å². The van der Waals surface area contributed by atoms with Gasteiger partial charge in [-0.05, 0) is 72.1 Å². The van der Waals surface area contributed by atoms with Gasteiger partial charge in [-0.25, -0.2) is 4.98 Å². The first-order valence-electron chi connectivity index (χ1n) is 9.55. The molecule has 1 aromatic carbocycles. The van der Waals surface area contributed by atoms with Gasteiger partial charge < -0.3 is 9.73 Å². The fourth-order valence-electron chi connectivity index (χ4n) is 3.15. The van der Waals surface area contributed by atoms with E-state index in [1.807, 2.05) is 45.0 Å². The molecule has 6 nitrogen and oxygen atoms in total. The van der Waals surface area contributed by atoms with Crippen LogP contribution in [0.3, 0.4) is 0 Å². The van der Waals surface area contributed by atoms with Crippen molar-refractivity contribution in [2.24, 2.45) is 0 Å². The number of rotatable bonds is 6. The second-order valence-corrected chi connectivity index (χ2v) is 10.1. The number of thioether (sulfide) groups is 1. The number of hydrogen-bond acceptors (Lipinski definition) is 6. The summed E-state index contributed by atoms with van der Waals surface area (Å²) >= 11 is 6.21. The molecule has 0 fully saturated rings. The van der Waals surface area contributed by atoms with E-state index in [0.717, 1.165) is 20.5 Å². The molecule has 3 heterocycles. The minimum atomic E-state index is -0.174. The zero-order chi connectivity index (χ0) is 22.1. The minimum absolute atomic E-state index is 0.118. The number of halogens is 1. The number of fused-ring (bicyclic) bond motifs is 1. The van der Waals surface area contributed by atoms with E-state index in [2.05, 4.69) is 21.2 Å². The van der Waals surface area contributed by atoms with Crippen molar-refractivity contribution in [2.75, 3.05) is 11.1 Å². The molecular weight excluding hydrogens is 498 g/mol. The molecule has 1 amide bonds. The number of carbonyl (C=O) groups is 1. The number of nitrogens with one attached hydrogen (secondary N) is 1. The largest absolute Gasteiger partial charge is 0.467 e. The van der Waals surface area contributed by atoms with Crippen LogP contribution in [0.5, 0.6) is 0 Å². The number of amides is 1. The second kappa shape index (κ2) is 9.02. The predicted octanol–water partition coefficient (Wildman–Crippen LogP) is 5.52. The van der Waals surface area contributed by atoms with E-state index in [9.17, 15) is 9.59 Å². The standard InChI is InChI=1S/C22H20BrN3O3S2/c1-12-6-7-17(16(23)9-12)24-18(27)11-30-22-25-20-19(13(2)14(3)31-20)21(28)26(22)10-15-5-4-8-29-15/h4-9H,10-11H2,1-3H3,(H,24,27). The topological polar surface area (TPSA) is 77.1 Å². The summed E-state index contributed by atoms with van der Waals surface area (Å²) in [4.78, 5) is 32.3. The second-order valence-electron chi connectivity index (χ2n) is 7.15. The molecule has 4 rings (SSSR count). The Hall–Kier alpha value is -2.36. The summed E-state index contributed by atoms with van der Waals surface area (Å²) in [5, 5.41) is 4.02. The molecule has 3 aromatic heterocycles. The number of aryl methyl sites for hydroxylation is 3. The van der Waals surface area contributed by atoms with Gasteiger partial charge in [-0.3, -0.25) is 14.2 Å². The van der Waals surface area contributed by atoms with Gasteiger partial charge >= 0.3 is 0 Å². The van der Waals surface area contributed by atoms with Crippen molar-refractivity contribution in [1.82, 2.24) is 9.55 Å². The molecule has 0 aliphatic rings. The Bertz CT molecular complexity index is 1330. The molecule has 0 aliphatic carbocycles. The summed E-state index contributed by atoms with van der Waals surface area (Å²) in [6.45, 7) is 6.17. The Morgan fingerprint density at radius 3 is 2.81 bits per heavy atom. The Balaban J connectivity index is 1.62. The van der Waals surface area contributed by atoms with Gasteiger partial charge in [0.25, 0.3) is 5.56 Å². The molecule has 0 radical (unpaired) electrons. The molecule has 0 spiro atoms. The van der Waals surface area contributed by atoms with Crippen LogP contribution < -0.4 is 10.9 Å². The first kappa shape index (κ1) is 21.9. The van der Waals surface area contributed by atoms with Crippen LogP contribution in [0.15, 0.2) is 55.4 Å². The monoisotopic (exact) mass is 517 g/mol. The van der Waals surface area contributed by atoms with Crippen LogP contribution in [-0.2, 0) is 11.3 Å². The van der Waals surface area contributed by atoms with Crippen molar-refractivity contribution in [2.45, 2.75) is 32.5 Å². The van der Waals surface area contributed by atoms with Crippen LogP contribution in [0, 0.1) is 20.8 Å². The molecule has 0 unspecified atom stereocenters. The van der Waals surface area contributed by atoms with Crippen LogP contribution in [0.4, 0.5) is 5.69 Å². The minimum Gasteiger partial charge on any atom is -0.467 e. The average Bonchev–Trinajstić information content (AvgIpc) is 3.33. The quantitative estimate of drug-likeness (QED) is 0.269. The van der Waals surface area contributed by atoms with Gasteiger partial charge in [0.2, 0.25) is 5.91 Å². The highest BCUT2D eigenvalue weighted by atomic mass is 79.9.